The normalized spacial score (nSPS) is 11.8. The summed E-state index contributed by atoms with van der Waals surface area (Å²) >= 11 is 0. The zero-order valence-electron chi connectivity index (χ0n) is 15.2. The SMILES string of the molecule is CCCOCC(=O)Nc1cc(S(=O)(=O)N(CC)CC)cc(C)c1C. The zero-order chi connectivity index (χ0) is 18.3. The monoisotopic (exact) mass is 356 g/mol. The van der Waals surface area contributed by atoms with E-state index in [2.05, 4.69) is 5.32 Å². The minimum absolute atomic E-state index is 0.0423. The number of carbonyl (C=O) groups excluding carboxylic acids is 1. The van der Waals surface area contributed by atoms with Gasteiger partial charge in [-0.25, -0.2) is 8.42 Å². The molecule has 1 rings (SSSR count). The minimum Gasteiger partial charge on any atom is -0.372 e. The number of sulfonamides is 1. The molecule has 0 radical (unpaired) electrons. The molecule has 1 N–H and O–H groups in total. The molecule has 0 fully saturated rings. The highest BCUT2D eigenvalue weighted by Gasteiger charge is 2.23. The fourth-order valence-corrected chi connectivity index (χ4v) is 3.88. The average molecular weight is 356 g/mol. The van der Waals surface area contributed by atoms with Crippen molar-refractivity contribution in [2.75, 3.05) is 31.6 Å². The molecule has 24 heavy (non-hydrogen) atoms. The number of carbonyl (C=O) groups is 1. The Morgan fingerprint density at radius 2 is 1.79 bits per heavy atom. The Bertz CT molecular complexity index is 667. The van der Waals surface area contributed by atoms with Crippen LogP contribution >= 0.6 is 0 Å². The van der Waals surface area contributed by atoms with E-state index < -0.39 is 10.0 Å². The van der Waals surface area contributed by atoms with Crippen molar-refractivity contribution in [2.24, 2.45) is 0 Å². The van der Waals surface area contributed by atoms with E-state index >= 15 is 0 Å². The van der Waals surface area contributed by atoms with Crippen molar-refractivity contribution in [2.45, 2.75) is 45.9 Å². The first-order valence-corrected chi connectivity index (χ1v) is 9.70. The van der Waals surface area contributed by atoms with Crippen LogP contribution in [0.15, 0.2) is 17.0 Å². The molecule has 0 aliphatic rings. The molecule has 136 valence electrons. The van der Waals surface area contributed by atoms with Crippen molar-refractivity contribution in [3.63, 3.8) is 0 Å². The Labute approximate surface area is 145 Å². The van der Waals surface area contributed by atoms with E-state index in [1.165, 1.54) is 10.4 Å². The van der Waals surface area contributed by atoms with Crippen LogP contribution in [0.25, 0.3) is 0 Å². The summed E-state index contributed by atoms with van der Waals surface area (Å²) in [5, 5.41) is 2.75. The summed E-state index contributed by atoms with van der Waals surface area (Å²) in [6, 6.07) is 3.17. The molecular formula is C17H28N2O4S. The first kappa shape index (κ1) is 20.6. The Hall–Kier alpha value is -1.44. The van der Waals surface area contributed by atoms with Crippen molar-refractivity contribution in [1.82, 2.24) is 4.31 Å². The van der Waals surface area contributed by atoms with Gasteiger partial charge in [-0.3, -0.25) is 4.79 Å². The second-order valence-corrected chi connectivity index (χ2v) is 7.54. The Morgan fingerprint density at radius 3 is 2.33 bits per heavy atom. The lowest BCUT2D eigenvalue weighted by atomic mass is 10.1. The largest absolute Gasteiger partial charge is 0.372 e. The van der Waals surface area contributed by atoms with Gasteiger partial charge in [-0.05, 0) is 43.5 Å². The second kappa shape index (κ2) is 9.15. The highest BCUT2D eigenvalue weighted by molar-refractivity contribution is 7.89. The number of rotatable bonds is 9. The third kappa shape index (κ3) is 5.03. The summed E-state index contributed by atoms with van der Waals surface area (Å²) in [6.45, 7) is 10.5. The number of ether oxygens (including phenoxy) is 1. The molecule has 0 saturated carbocycles. The van der Waals surface area contributed by atoms with Gasteiger partial charge in [0.1, 0.15) is 6.61 Å². The number of hydrogen-bond acceptors (Lipinski definition) is 4. The van der Waals surface area contributed by atoms with Gasteiger partial charge in [0, 0.05) is 25.4 Å². The van der Waals surface area contributed by atoms with Gasteiger partial charge < -0.3 is 10.1 Å². The van der Waals surface area contributed by atoms with Crippen LogP contribution in [0, 0.1) is 13.8 Å². The van der Waals surface area contributed by atoms with Gasteiger partial charge in [0.05, 0.1) is 4.90 Å². The lowest BCUT2D eigenvalue weighted by Crippen LogP contribution is -2.31. The van der Waals surface area contributed by atoms with Crippen LogP contribution in [0.4, 0.5) is 5.69 Å². The van der Waals surface area contributed by atoms with Crippen molar-refractivity contribution >= 4 is 21.6 Å². The molecule has 0 heterocycles. The second-order valence-electron chi connectivity index (χ2n) is 5.60. The van der Waals surface area contributed by atoms with Crippen molar-refractivity contribution in [3.8, 4) is 0 Å². The van der Waals surface area contributed by atoms with Gasteiger partial charge in [0.2, 0.25) is 15.9 Å². The fourth-order valence-electron chi connectivity index (χ4n) is 2.31. The highest BCUT2D eigenvalue weighted by Crippen LogP contribution is 2.26. The predicted molar refractivity (Wildman–Crippen MR) is 95.8 cm³/mol. The van der Waals surface area contributed by atoms with E-state index in [4.69, 9.17) is 4.74 Å². The van der Waals surface area contributed by atoms with Crippen LogP contribution in [0.1, 0.15) is 38.3 Å². The number of nitrogens with zero attached hydrogens (tertiary/aromatic N) is 1. The average Bonchev–Trinajstić information content (AvgIpc) is 2.52. The maximum absolute atomic E-state index is 12.7. The number of benzene rings is 1. The molecule has 7 heteroatoms. The first-order valence-electron chi connectivity index (χ1n) is 8.26. The zero-order valence-corrected chi connectivity index (χ0v) is 16.0. The molecule has 0 spiro atoms. The maximum Gasteiger partial charge on any atom is 0.250 e. The van der Waals surface area contributed by atoms with E-state index in [1.807, 2.05) is 20.8 Å². The lowest BCUT2D eigenvalue weighted by molar-refractivity contribution is -0.120. The summed E-state index contributed by atoms with van der Waals surface area (Å²) in [4.78, 5) is 12.2. The van der Waals surface area contributed by atoms with Gasteiger partial charge in [-0.1, -0.05) is 20.8 Å². The van der Waals surface area contributed by atoms with Crippen LogP contribution < -0.4 is 5.32 Å². The lowest BCUT2D eigenvalue weighted by Gasteiger charge is -2.20. The first-order chi connectivity index (χ1) is 11.3. The third-order valence-electron chi connectivity index (χ3n) is 3.84. The number of nitrogens with one attached hydrogen (secondary N) is 1. The van der Waals surface area contributed by atoms with E-state index in [-0.39, 0.29) is 17.4 Å². The Balaban J connectivity index is 3.12. The molecule has 0 unspecified atom stereocenters. The molecule has 1 amide bonds. The summed E-state index contributed by atoms with van der Waals surface area (Å²) in [5.74, 6) is -0.289. The smallest absolute Gasteiger partial charge is 0.250 e. The minimum atomic E-state index is -3.57. The molecule has 1 aromatic carbocycles. The summed E-state index contributed by atoms with van der Waals surface area (Å²) in [6.07, 6.45) is 0.836. The Kier molecular flexibility index (Phi) is 7.86. The van der Waals surface area contributed by atoms with Gasteiger partial charge in [-0.15, -0.1) is 0 Å². The van der Waals surface area contributed by atoms with Crippen LogP contribution in [0.2, 0.25) is 0 Å². The van der Waals surface area contributed by atoms with E-state index in [0.717, 1.165) is 17.5 Å². The van der Waals surface area contributed by atoms with Crippen molar-refractivity contribution in [1.29, 1.82) is 0 Å². The topological polar surface area (TPSA) is 75.7 Å². The summed E-state index contributed by atoms with van der Waals surface area (Å²) in [7, 11) is -3.57. The number of amides is 1. The van der Waals surface area contributed by atoms with Crippen LogP contribution in [0.5, 0.6) is 0 Å². The maximum atomic E-state index is 12.7. The van der Waals surface area contributed by atoms with Gasteiger partial charge in [0.25, 0.3) is 0 Å². The summed E-state index contributed by atoms with van der Waals surface area (Å²) < 4.78 is 32.0. The van der Waals surface area contributed by atoms with Crippen molar-refractivity contribution < 1.29 is 17.9 Å². The van der Waals surface area contributed by atoms with Gasteiger partial charge >= 0.3 is 0 Å². The number of hydrogen-bond donors (Lipinski definition) is 1. The highest BCUT2D eigenvalue weighted by atomic mass is 32.2. The molecule has 0 aromatic heterocycles. The molecule has 1 aromatic rings. The molecule has 0 atom stereocenters. The molecule has 0 aliphatic carbocycles. The molecule has 6 nitrogen and oxygen atoms in total. The molecule has 0 aliphatic heterocycles. The standard InChI is InChI=1S/C17H28N2O4S/c1-6-9-23-12-17(20)18-16-11-15(10-13(4)14(16)5)24(21,22)19(7-2)8-3/h10-11H,6-9,12H2,1-5H3,(H,18,20). The molecule has 0 saturated heterocycles. The predicted octanol–water partition coefficient (Wildman–Crippen LogP) is 2.70. The van der Waals surface area contributed by atoms with E-state index in [0.29, 0.717) is 25.4 Å². The summed E-state index contributed by atoms with van der Waals surface area (Å²) in [5.41, 5.74) is 2.16. The van der Waals surface area contributed by atoms with Crippen molar-refractivity contribution in [3.05, 3.63) is 23.3 Å². The number of anilines is 1. The third-order valence-corrected chi connectivity index (χ3v) is 5.87. The van der Waals surface area contributed by atoms with Gasteiger partial charge in [0.15, 0.2) is 0 Å². The quantitative estimate of drug-likeness (QED) is 0.690. The fraction of sp³-hybridized carbons (Fsp3) is 0.588. The Morgan fingerprint density at radius 1 is 1.17 bits per heavy atom. The van der Waals surface area contributed by atoms with E-state index in [1.54, 1.807) is 19.9 Å². The van der Waals surface area contributed by atoms with Crippen LogP contribution in [-0.4, -0.2) is 44.9 Å². The molecular weight excluding hydrogens is 328 g/mol. The number of aryl methyl sites for hydroxylation is 1. The molecule has 0 bridgehead atoms. The van der Waals surface area contributed by atoms with Gasteiger partial charge in [-0.2, -0.15) is 4.31 Å². The van der Waals surface area contributed by atoms with E-state index in [9.17, 15) is 13.2 Å². The van der Waals surface area contributed by atoms with Crippen LogP contribution in [-0.2, 0) is 19.6 Å². The van der Waals surface area contributed by atoms with Crippen LogP contribution in [0.3, 0.4) is 0 Å².